The van der Waals surface area contributed by atoms with Gasteiger partial charge in [0.15, 0.2) is 0 Å². The number of benzene rings is 1. The number of anilines is 2. The van der Waals surface area contributed by atoms with Gasteiger partial charge in [0.05, 0.1) is 23.4 Å². The third-order valence-corrected chi connectivity index (χ3v) is 4.64. The molecule has 2 rings (SSSR count). The molecule has 0 radical (unpaired) electrons. The summed E-state index contributed by atoms with van der Waals surface area (Å²) in [6, 6.07) is 9.24. The monoisotopic (exact) mass is 364 g/mol. The van der Waals surface area contributed by atoms with E-state index in [0.717, 1.165) is 0 Å². The SMILES string of the molecule is CCOc1ccc(S(=O)(=O)NCCC(=O)Nc2ccc(N)nc2)cc1. The van der Waals surface area contributed by atoms with Gasteiger partial charge in [-0.3, -0.25) is 4.79 Å². The molecule has 2 aromatic rings. The van der Waals surface area contributed by atoms with Crippen molar-refractivity contribution in [2.75, 3.05) is 24.2 Å². The van der Waals surface area contributed by atoms with Gasteiger partial charge in [0.1, 0.15) is 11.6 Å². The second-order valence-electron chi connectivity index (χ2n) is 5.07. The molecule has 0 fully saturated rings. The molecule has 0 aliphatic heterocycles. The quantitative estimate of drug-likeness (QED) is 0.650. The number of nitrogens with zero attached hydrogens (tertiary/aromatic N) is 1. The first kappa shape index (κ1) is 18.7. The fourth-order valence-electron chi connectivity index (χ4n) is 1.97. The molecule has 0 aliphatic rings. The third-order valence-electron chi connectivity index (χ3n) is 3.16. The number of rotatable bonds is 8. The van der Waals surface area contributed by atoms with E-state index >= 15 is 0 Å². The molecule has 1 aromatic heterocycles. The van der Waals surface area contributed by atoms with Crippen molar-refractivity contribution in [3.8, 4) is 5.75 Å². The molecule has 8 nitrogen and oxygen atoms in total. The van der Waals surface area contributed by atoms with Crippen molar-refractivity contribution in [3.63, 3.8) is 0 Å². The first-order chi connectivity index (χ1) is 11.9. The Morgan fingerprint density at radius 1 is 1.20 bits per heavy atom. The van der Waals surface area contributed by atoms with Gasteiger partial charge in [0, 0.05) is 13.0 Å². The van der Waals surface area contributed by atoms with Crippen LogP contribution in [-0.2, 0) is 14.8 Å². The topological polar surface area (TPSA) is 123 Å². The maximum Gasteiger partial charge on any atom is 0.240 e. The normalized spacial score (nSPS) is 11.1. The van der Waals surface area contributed by atoms with E-state index in [4.69, 9.17) is 10.5 Å². The molecule has 9 heteroatoms. The summed E-state index contributed by atoms with van der Waals surface area (Å²) in [4.78, 5) is 15.8. The summed E-state index contributed by atoms with van der Waals surface area (Å²) in [5, 5.41) is 2.61. The molecule has 0 spiro atoms. The summed E-state index contributed by atoms with van der Waals surface area (Å²) in [5.41, 5.74) is 5.95. The minimum atomic E-state index is -3.68. The van der Waals surface area contributed by atoms with E-state index in [1.165, 1.54) is 18.3 Å². The zero-order valence-electron chi connectivity index (χ0n) is 13.7. The Morgan fingerprint density at radius 3 is 2.52 bits per heavy atom. The number of nitrogen functional groups attached to an aromatic ring is 1. The zero-order chi connectivity index (χ0) is 18.3. The van der Waals surface area contributed by atoms with Crippen molar-refractivity contribution in [2.24, 2.45) is 0 Å². The Bertz CT molecular complexity index is 805. The van der Waals surface area contributed by atoms with Crippen LogP contribution in [0.4, 0.5) is 11.5 Å². The lowest BCUT2D eigenvalue weighted by molar-refractivity contribution is -0.116. The van der Waals surface area contributed by atoms with Gasteiger partial charge in [-0.1, -0.05) is 0 Å². The van der Waals surface area contributed by atoms with Crippen molar-refractivity contribution in [1.82, 2.24) is 9.71 Å². The van der Waals surface area contributed by atoms with E-state index in [1.54, 1.807) is 24.3 Å². The first-order valence-electron chi connectivity index (χ1n) is 7.64. The second-order valence-corrected chi connectivity index (χ2v) is 6.84. The number of sulfonamides is 1. The Morgan fingerprint density at radius 2 is 1.92 bits per heavy atom. The summed E-state index contributed by atoms with van der Waals surface area (Å²) < 4.78 is 32.0. The van der Waals surface area contributed by atoms with Crippen LogP contribution >= 0.6 is 0 Å². The molecule has 0 aliphatic carbocycles. The van der Waals surface area contributed by atoms with Gasteiger partial charge in [0.2, 0.25) is 15.9 Å². The highest BCUT2D eigenvalue weighted by Gasteiger charge is 2.14. The average Bonchev–Trinajstić information content (AvgIpc) is 2.57. The highest BCUT2D eigenvalue weighted by Crippen LogP contribution is 2.15. The van der Waals surface area contributed by atoms with Crippen LogP contribution in [0.5, 0.6) is 5.75 Å². The highest BCUT2D eigenvalue weighted by molar-refractivity contribution is 7.89. The summed E-state index contributed by atoms with van der Waals surface area (Å²) >= 11 is 0. The van der Waals surface area contributed by atoms with Crippen LogP contribution in [-0.4, -0.2) is 32.5 Å². The van der Waals surface area contributed by atoms with Gasteiger partial charge in [-0.15, -0.1) is 0 Å². The van der Waals surface area contributed by atoms with E-state index in [9.17, 15) is 13.2 Å². The molecular formula is C16H20N4O4S. The third kappa shape index (κ3) is 5.73. The lowest BCUT2D eigenvalue weighted by atomic mass is 10.3. The fourth-order valence-corrected chi connectivity index (χ4v) is 3.00. The van der Waals surface area contributed by atoms with Crippen LogP contribution < -0.4 is 20.5 Å². The van der Waals surface area contributed by atoms with Gasteiger partial charge < -0.3 is 15.8 Å². The number of amides is 1. The Balaban J connectivity index is 1.84. The Hall–Kier alpha value is -2.65. The largest absolute Gasteiger partial charge is 0.494 e. The van der Waals surface area contributed by atoms with Crippen LogP contribution in [0.15, 0.2) is 47.5 Å². The lowest BCUT2D eigenvalue weighted by Crippen LogP contribution is -2.27. The minimum Gasteiger partial charge on any atom is -0.494 e. The maximum absolute atomic E-state index is 12.2. The number of carbonyl (C=O) groups excluding carboxylic acids is 1. The van der Waals surface area contributed by atoms with Gasteiger partial charge in [-0.05, 0) is 43.3 Å². The molecule has 25 heavy (non-hydrogen) atoms. The van der Waals surface area contributed by atoms with Gasteiger partial charge in [-0.25, -0.2) is 18.1 Å². The highest BCUT2D eigenvalue weighted by atomic mass is 32.2. The Kier molecular flexibility index (Phi) is 6.31. The number of pyridine rings is 1. The summed E-state index contributed by atoms with van der Waals surface area (Å²) in [6.07, 6.45) is 1.41. The molecule has 0 saturated carbocycles. The second kappa shape index (κ2) is 8.45. The van der Waals surface area contributed by atoms with Crippen LogP contribution in [0.2, 0.25) is 0 Å². The summed E-state index contributed by atoms with van der Waals surface area (Å²) in [7, 11) is -3.68. The summed E-state index contributed by atoms with van der Waals surface area (Å²) in [6.45, 7) is 2.32. The van der Waals surface area contributed by atoms with Crippen LogP contribution in [0.25, 0.3) is 0 Å². The standard InChI is InChI=1S/C16H20N4O4S/c1-2-24-13-4-6-14(7-5-13)25(22,23)19-10-9-16(21)20-12-3-8-15(17)18-11-12/h3-8,11,19H,2,9-10H2,1H3,(H2,17,18)(H,20,21). The summed E-state index contributed by atoms with van der Waals surface area (Å²) in [5.74, 6) is 0.611. The molecule has 0 unspecified atom stereocenters. The maximum atomic E-state index is 12.2. The van der Waals surface area contributed by atoms with E-state index in [-0.39, 0.29) is 23.8 Å². The predicted molar refractivity (Wildman–Crippen MR) is 94.7 cm³/mol. The molecule has 1 amide bonds. The van der Waals surface area contributed by atoms with Crippen LogP contribution in [0.1, 0.15) is 13.3 Å². The van der Waals surface area contributed by atoms with Gasteiger partial charge >= 0.3 is 0 Å². The van der Waals surface area contributed by atoms with Crippen molar-refractivity contribution >= 4 is 27.4 Å². The van der Waals surface area contributed by atoms with E-state index < -0.39 is 10.0 Å². The molecule has 0 atom stereocenters. The predicted octanol–water partition coefficient (Wildman–Crippen LogP) is 1.37. The molecule has 1 aromatic carbocycles. The van der Waals surface area contributed by atoms with E-state index in [2.05, 4.69) is 15.0 Å². The van der Waals surface area contributed by atoms with Crippen molar-refractivity contribution in [2.45, 2.75) is 18.2 Å². The smallest absolute Gasteiger partial charge is 0.240 e. The van der Waals surface area contributed by atoms with Crippen molar-refractivity contribution < 1.29 is 17.9 Å². The molecule has 0 bridgehead atoms. The minimum absolute atomic E-state index is 0.0133. The van der Waals surface area contributed by atoms with Crippen molar-refractivity contribution in [1.29, 1.82) is 0 Å². The fraction of sp³-hybridized carbons (Fsp3) is 0.250. The van der Waals surface area contributed by atoms with Crippen molar-refractivity contribution in [3.05, 3.63) is 42.6 Å². The number of hydrogen-bond donors (Lipinski definition) is 3. The van der Waals surface area contributed by atoms with E-state index in [0.29, 0.717) is 23.9 Å². The van der Waals surface area contributed by atoms with Crippen LogP contribution in [0, 0.1) is 0 Å². The number of ether oxygens (including phenoxy) is 1. The number of nitrogens with two attached hydrogens (primary N) is 1. The van der Waals surface area contributed by atoms with Gasteiger partial charge in [-0.2, -0.15) is 0 Å². The molecule has 1 heterocycles. The Labute approximate surface area is 146 Å². The molecule has 0 saturated heterocycles. The number of carbonyl (C=O) groups is 1. The van der Waals surface area contributed by atoms with Gasteiger partial charge in [0.25, 0.3) is 0 Å². The number of hydrogen-bond acceptors (Lipinski definition) is 6. The molecule has 134 valence electrons. The number of nitrogens with one attached hydrogen (secondary N) is 2. The lowest BCUT2D eigenvalue weighted by Gasteiger charge is -2.08. The number of aromatic nitrogens is 1. The van der Waals surface area contributed by atoms with Crippen LogP contribution in [0.3, 0.4) is 0 Å². The first-order valence-corrected chi connectivity index (χ1v) is 9.13. The molecule has 4 N–H and O–H groups in total. The average molecular weight is 364 g/mol. The van der Waals surface area contributed by atoms with E-state index in [1.807, 2.05) is 6.92 Å². The molecular weight excluding hydrogens is 344 g/mol. The zero-order valence-corrected chi connectivity index (χ0v) is 14.5.